The quantitative estimate of drug-likeness (QED) is 0.557. The monoisotopic (exact) mass is 258 g/mol. The van der Waals surface area contributed by atoms with Crippen molar-refractivity contribution in [2.45, 2.75) is 13.3 Å². The van der Waals surface area contributed by atoms with Gasteiger partial charge in [-0.1, -0.05) is 24.8 Å². The molecule has 4 heteroatoms. The van der Waals surface area contributed by atoms with Gasteiger partial charge in [0, 0.05) is 24.4 Å². The van der Waals surface area contributed by atoms with Crippen LogP contribution in [0.5, 0.6) is 0 Å². The van der Waals surface area contributed by atoms with E-state index in [2.05, 4.69) is 12.6 Å². The molecule has 0 amide bonds. The molecule has 1 rings (SSSR count). The molecule has 1 aromatic rings. The molecule has 1 aromatic carbocycles. The first-order valence-electron chi connectivity index (χ1n) is 6.21. The Kier molecular flexibility index (Phi) is 6.17. The van der Waals surface area contributed by atoms with Gasteiger partial charge in [-0.3, -0.25) is 0 Å². The molecule has 0 saturated carbocycles. The Morgan fingerprint density at radius 3 is 2.68 bits per heavy atom. The summed E-state index contributed by atoms with van der Waals surface area (Å²) in [5, 5.41) is 8.70. The molecule has 19 heavy (non-hydrogen) atoms. The zero-order chi connectivity index (χ0) is 14.1. The molecule has 0 bridgehead atoms. The molecule has 0 aromatic heterocycles. The largest absolute Gasteiger partial charge is 0.463 e. The molecule has 4 nitrogen and oxygen atoms in total. The molecule has 0 atom stereocenters. The van der Waals surface area contributed by atoms with Crippen LogP contribution in [0.15, 0.2) is 42.5 Å². The van der Waals surface area contributed by atoms with Gasteiger partial charge >= 0.3 is 5.97 Å². The Bertz CT molecular complexity index is 463. The van der Waals surface area contributed by atoms with Gasteiger partial charge in [-0.05, 0) is 19.1 Å². The van der Waals surface area contributed by atoms with Gasteiger partial charge in [-0.2, -0.15) is 5.26 Å². The highest BCUT2D eigenvalue weighted by Gasteiger charge is 2.13. The van der Waals surface area contributed by atoms with Crippen molar-refractivity contribution in [2.75, 3.05) is 24.6 Å². The van der Waals surface area contributed by atoms with Gasteiger partial charge in [0.25, 0.3) is 0 Å². The molecule has 0 aliphatic carbocycles. The first-order chi connectivity index (χ1) is 9.19. The third-order valence-electron chi connectivity index (χ3n) is 2.56. The Labute approximate surface area is 113 Å². The minimum Gasteiger partial charge on any atom is -0.463 e. The molecule has 0 fully saturated rings. The van der Waals surface area contributed by atoms with Crippen LogP contribution in [-0.4, -0.2) is 25.7 Å². The summed E-state index contributed by atoms with van der Waals surface area (Å²) >= 11 is 0. The lowest BCUT2D eigenvalue weighted by molar-refractivity contribution is -0.138. The highest BCUT2D eigenvalue weighted by molar-refractivity contribution is 5.88. The predicted octanol–water partition coefficient (Wildman–Crippen LogP) is 2.53. The summed E-state index contributed by atoms with van der Waals surface area (Å²) in [7, 11) is 0. The van der Waals surface area contributed by atoms with Gasteiger partial charge in [0.15, 0.2) is 0 Å². The maximum atomic E-state index is 11.6. The number of esters is 1. The molecule has 0 aliphatic heterocycles. The maximum absolute atomic E-state index is 11.6. The van der Waals surface area contributed by atoms with Gasteiger partial charge in [0.1, 0.15) is 0 Å². The van der Waals surface area contributed by atoms with E-state index >= 15 is 0 Å². The Morgan fingerprint density at radius 2 is 2.11 bits per heavy atom. The lowest BCUT2D eigenvalue weighted by atomic mass is 10.2. The molecule has 0 heterocycles. The number of nitrogens with zero attached hydrogens (tertiary/aromatic N) is 2. The van der Waals surface area contributed by atoms with Gasteiger partial charge in [-0.25, -0.2) is 4.79 Å². The van der Waals surface area contributed by atoms with E-state index in [1.165, 1.54) is 0 Å². The molecule has 0 aliphatic rings. The molecule has 100 valence electrons. The standard InChI is InChI=1S/C15H18N2O2/c1-3-19-15(18)13(2)12-17(11-7-10-16)14-8-5-4-6-9-14/h4-6,8-9H,2-3,7,11-12H2,1H3. The van der Waals surface area contributed by atoms with E-state index < -0.39 is 0 Å². The topological polar surface area (TPSA) is 53.3 Å². The lowest BCUT2D eigenvalue weighted by Gasteiger charge is -2.24. The normalized spacial score (nSPS) is 9.47. The highest BCUT2D eigenvalue weighted by atomic mass is 16.5. The first-order valence-corrected chi connectivity index (χ1v) is 6.21. The number of carbonyl (C=O) groups excluding carboxylic acids is 1. The minimum atomic E-state index is -0.389. The Balaban J connectivity index is 2.73. The van der Waals surface area contributed by atoms with Crippen LogP contribution in [0.1, 0.15) is 13.3 Å². The van der Waals surface area contributed by atoms with E-state index in [4.69, 9.17) is 10.00 Å². The third kappa shape index (κ3) is 4.84. The van der Waals surface area contributed by atoms with Crippen LogP contribution in [0.4, 0.5) is 5.69 Å². The number of para-hydroxylation sites is 1. The Hall–Kier alpha value is -2.28. The second-order valence-electron chi connectivity index (χ2n) is 3.99. The second-order valence-corrected chi connectivity index (χ2v) is 3.99. The molecular formula is C15H18N2O2. The SMILES string of the molecule is C=C(CN(CCC#N)c1ccccc1)C(=O)OCC. The van der Waals surface area contributed by atoms with E-state index in [0.717, 1.165) is 5.69 Å². The van der Waals surface area contributed by atoms with Crippen molar-refractivity contribution in [3.63, 3.8) is 0 Å². The highest BCUT2D eigenvalue weighted by Crippen LogP contribution is 2.15. The van der Waals surface area contributed by atoms with Crippen molar-refractivity contribution < 1.29 is 9.53 Å². The van der Waals surface area contributed by atoms with Crippen LogP contribution in [0.25, 0.3) is 0 Å². The number of nitriles is 1. The molecule has 0 spiro atoms. The van der Waals surface area contributed by atoms with Crippen LogP contribution >= 0.6 is 0 Å². The number of hydrogen-bond donors (Lipinski definition) is 0. The van der Waals surface area contributed by atoms with E-state index in [-0.39, 0.29) is 5.97 Å². The summed E-state index contributed by atoms with van der Waals surface area (Å²) in [4.78, 5) is 13.5. The molecule has 0 unspecified atom stereocenters. The molecular weight excluding hydrogens is 240 g/mol. The maximum Gasteiger partial charge on any atom is 0.335 e. The fourth-order valence-electron chi connectivity index (χ4n) is 1.65. The van der Waals surface area contributed by atoms with E-state index in [1.54, 1.807) is 6.92 Å². The first kappa shape index (κ1) is 14.8. The number of rotatable bonds is 7. The van der Waals surface area contributed by atoms with Crippen LogP contribution in [0.3, 0.4) is 0 Å². The molecule has 0 N–H and O–H groups in total. The van der Waals surface area contributed by atoms with Crippen LogP contribution in [-0.2, 0) is 9.53 Å². The zero-order valence-corrected chi connectivity index (χ0v) is 11.1. The number of anilines is 1. The van der Waals surface area contributed by atoms with Gasteiger partial charge in [-0.15, -0.1) is 0 Å². The number of ether oxygens (including phenoxy) is 1. The van der Waals surface area contributed by atoms with Crippen LogP contribution in [0, 0.1) is 11.3 Å². The number of benzene rings is 1. The van der Waals surface area contributed by atoms with Crippen molar-refractivity contribution in [1.82, 2.24) is 0 Å². The third-order valence-corrected chi connectivity index (χ3v) is 2.56. The summed E-state index contributed by atoms with van der Waals surface area (Å²) in [5.41, 5.74) is 1.35. The van der Waals surface area contributed by atoms with Crippen molar-refractivity contribution in [2.24, 2.45) is 0 Å². The van der Waals surface area contributed by atoms with Gasteiger partial charge in [0.2, 0.25) is 0 Å². The summed E-state index contributed by atoms with van der Waals surface area (Å²) in [6, 6.07) is 11.7. The Morgan fingerprint density at radius 1 is 1.42 bits per heavy atom. The zero-order valence-electron chi connectivity index (χ0n) is 11.1. The molecule has 0 radical (unpaired) electrons. The summed E-state index contributed by atoms with van der Waals surface area (Å²) in [6.07, 6.45) is 0.394. The second kappa shape index (κ2) is 7.93. The van der Waals surface area contributed by atoms with E-state index in [0.29, 0.717) is 31.7 Å². The van der Waals surface area contributed by atoms with Crippen molar-refractivity contribution >= 4 is 11.7 Å². The van der Waals surface area contributed by atoms with Crippen molar-refractivity contribution in [3.05, 3.63) is 42.5 Å². The number of carbonyl (C=O) groups is 1. The average Bonchev–Trinajstić information content (AvgIpc) is 2.44. The van der Waals surface area contributed by atoms with Crippen molar-refractivity contribution in [1.29, 1.82) is 5.26 Å². The molecule has 0 saturated heterocycles. The van der Waals surface area contributed by atoms with E-state index in [9.17, 15) is 4.79 Å². The van der Waals surface area contributed by atoms with Crippen molar-refractivity contribution in [3.8, 4) is 6.07 Å². The lowest BCUT2D eigenvalue weighted by Crippen LogP contribution is -2.29. The predicted molar refractivity (Wildman–Crippen MR) is 74.7 cm³/mol. The van der Waals surface area contributed by atoms with Crippen LogP contribution in [0.2, 0.25) is 0 Å². The van der Waals surface area contributed by atoms with Gasteiger partial charge < -0.3 is 9.64 Å². The minimum absolute atomic E-state index is 0.335. The number of hydrogen-bond acceptors (Lipinski definition) is 4. The average molecular weight is 258 g/mol. The van der Waals surface area contributed by atoms with E-state index in [1.807, 2.05) is 35.2 Å². The smallest absolute Gasteiger partial charge is 0.335 e. The fraction of sp³-hybridized carbons (Fsp3) is 0.333. The summed E-state index contributed by atoms with van der Waals surface area (Å²) in [6.45, 7) is 6.76. The summed E-state index contributed by atoms with van der Waals surface area (Å²) in [5.74, 6) is -0.389. The van der Waals surface area contributed by atoms with Gasteiger partial charge in [0.05, 0.1) is 19.1 Å². The van der Waals surface area contributed by atoms with Crippen LogP contribution < -0.4 is 4.90 Å². The summed E-state index contributed by atoms with van der Waals surface area (Å²) < 4.78 is 4.91. The fourth-order valence-corrected chi connectivity index (χ4v) is 1.65.